The fraction of sp³-hybridized carbons (Fsp3) is 0. The second-order valence-electron chi connectivity index (χ2n) is 0.635. The minimum absolute atomic E-state index is 0. The van der Waals surface area contributed by atoms with Crippen LogP contribution in [-0.2, 0) is 0 Å². The summed E-state index contributed by atoms with van der Waals surface area (Å²) >= 11 is 0. The molecular weight excluding hydrogens is 306 g/mol. The first-order chi connectivity index (χ1) is 3.46. The molecule has 0 aliphatic carbocycles. The van der Waals surface area contributed by atoms with Gasteiger partial charge in [0.05, 0.1) is 0 Å². The zero-order valence-electron chi connectivity index (χ0n) is 4.78. The molecule has 0 saturated carbocycles. The van der Waals surface area contributed by atoms with Crippen LogP contribution < -0.4 is 15.1 Å². The second-order valence-corrected chi connectivity index (χ2v) is 0.635. The normalized spacial score (nSPS) is 5.40. The van der Waals surface area contributed by atoms with Gasteiger partial charge in [0.15, 0.2) is 0 Å². The van der Waals surface area contributed by atoms with Crippen LogP contribution in [0.5, 0.6) is 0 Å². The van der Waals surface area contributed by atoms with Gasteiger partial charge in [0.2, 0.25) is 0 Å². The van der Waals surface area contributed by atoms with Gasteiger partial charge in [-0.1, -0.05) is 0 Å². The maximum Gasteiger partial charge on any atom is 3.00 e. The van der Waals surface area contributed by atoms with Gasteiger partial charge in [0.1, 0.15) is 0 Å². The predicted octanol–water partition coefficient (Wildman–Crippen LogP) is -5.94. The van der Waals surface area contributed by atoms with Gasteiger partial charge in [-0.25, -0.2) is 0 Å². The summed E-state index contributed by atoms with van der Waals surface area (Å²) in [4.78, 5) is 0. The molecule has 0 aromatic carbocycles. The van der Waals surface area contributed by atoms with Gasteiger partial charge in [-0.15, -0.1) is 0 Å². The molecule has 1 radical (unpaired) electrons. The molecule has 0 fully saturated rings. The predicted molar refractivity (Wildman–Crippen MR) is 29.3 cm³/mol. The maximum atomic E-state index is 8.42. The van der Waals surface area contributed by atoms with Crippen LogP contribution in [0.1, 0.15) is 0 Å². The molecule has 61 valence electrons. The molecule has 0 amide bonds. The Morgan fingerprint density at radius 1 is 0.900 bits per heavy atom. The molecule has 3 N–H and O–H groups in total. The molecule has 10 heteroatoms. The van der Waals surface area contributed by atoms with Crippen LogP contribution in [0.4, 0.5) is 0 Å². The van der Waals surface area contributed by atoms with E-state index in [1.807, 2.05) is 0 Å². The van der Waals surface area contributed by atoms with E-state index in [0.717, 1.165) is 0 Å². The van der Waals surface area contributed by atoms with Crippen molar-refractivity contribution in [3.05, 3.63) is 0 Å². The van der Waals surface area contributed by atoms with Crippen molar-refractivity contribution < 1.29 is 70.1 Å². The van der Waals surface area contributed by atoms with Crippen molar-refractivity contribution in [1.82, 2.24) is 0 Å². The van der Waals surface area contributed by atoms with Crippen LogP contribution in [0.25, 0.3) is 0 Å². The average molecular weight is 312 g/mol. The summed E-state index contributed by atoms with van der Waals surface area (Å²) in [6, 6.07) is 0. The summed E-state index contributed by atoms with van der Waals surface area (Å²) in [5.74, 6) is 0. The minimum Gasteiger partial charge on any atom is -0.907 e. The Hall–Kier alpha value is 1.64. The van der Waals surface area contributed by atoms with Crippen molar-refractivity contribution in [3.8, 4) is 0 Å². The van der Waals surface area contributed by atoms with E-state index in [0.29, 0.717) is 0 Å². The maximum absolute atomic E-state index is 8.42. The quantitative estimate of drug-likeness (QED) is 0.302. The molecule has 0 aliphatic rings. The van der Waals surface area contributed by atoms with Crippen LogP contribution >= 0.6 is 9.90 Å². The third kappa shape index (κ3) is 266. The van der Waals surface area contributed by atoms with Crippen LogP contribution in [0.3, 0.4) is 0 Å². The zero-order chi connectivity index (χ0) is 7.15. The molecule has 0 heterocycles. The van der Waals surface area contributed by atoms with Crippen molar-refractivity contribution in [2.75, 3.05) is 0 Å². The summed E-state index contributed by atoms with van der Waals surface area (Å²) in [6.45, 7) is 0. The topological polar surface area (TPSA) is 130 Å². The fourth-order valence-electron chi connectivity index (χ4n) is 0. The Morgan fingerprint density at radius 3 is 0.900 bits per heavy atom. The Bertz CT molecular complexity index is 31.2. The third-order valence-corrected chi connectivity index (χ3v) is 0. The minimum atomic E-state index is -2.92. The SMILES string of the molecule is OB(O)O.P.[Gd+3].[O-]B([O-])[O-]. The van der Waals surface area contributed by atoms with Crippen LogP contribution in [0, 0.1) is 39.9 Å². The van der Waals surface area contributed by atoms with Crippen molar-refractivity contribution in [2.45, 2.75) is 0 Å². The second kappa shape index (κ2) is 16.9. The third-order valence-electron chi connectivity index (χ3n) is 0. The van der Waals surface area contributed by atoms with E-state index in [1.165, 1.54) is 0 Å². The smallest absolute Gasteiger partial charge is 0.907 e. The zero-order valence-corrected chi connectivity index (χ0v) is 8.46. The van der Waals surface area contributed by atoms with E-state index >= 15 is 0 Å². The Kier molecular flexibility index (Phi) is 38.3. The first-order valence-electron chi connectivity index (χ1n) is 1.48. The van der Waals surface area contributed by atoms with Crippen LogP contribution in [0.15, 0.2) is 0 Å². The molecule has 10 heavy (non-hydrogen) atoms. The molecule has 6 nitrogen and oxygen atoms in total. The summed E-state index contributed by atoms with van der Waals surface area (Å²) < 4.78 is 0. The van der Waals surface area contributed by atoms with E-state index in [9.17, 15) is 0 Å². The Labute approximate surface area is 93.9 Å². The first kappa shape index (κ1) is 22.6. The van der Waals surface area contributed by atoms with Gasteiger partial charge in [-0.05, 0) is 0 Å². The van der Waals surface area contributed by atoms with Gasteiger partial charge in [-0.2, -0.15) is 9.90 Å². The molecule has 1 atom stereocenters. The Morgan fingerprint density at radius 2 is 0.900 bits per heavy atom. The molecule has 0 spiro atoms. The van der Waals surface area contributed by atoms with Crippen molar-refractivity contribution in [1.29, 1.82) is 0 Å². The van der Waals surface area contributed by atoms with Gasteiger partial charge in [-0.3, -0.25) is 7.32 Å². The standard InChI is InChI=1S/BH3O3.BO3.Gd.H3P/c2*2-1(3)4;;/h2-4H;;;1H3/q;-3;+3;. The van der Waals surface area contributed by atoms with Gasteiger partial charge >= 0.3 is 47.3 Å². The monoisotopic (exact) mass is 313 g/mol. The molecular formula is H6B2GdO6P. The van der Waals surface area contributed by atoms with Crippen LogP contribution in [0.2, 0.25) is 0 Å². The molecule has 0 rings (SSSR count). The van der Waals surface area contributed by atoms with E-state index in [-0.39, 0.29) is 49.8 Å². The van der Waals surface area contributed by atoms with Crippen molar-refractivity contribution >= 4 is 24.5 Å². The summed E-state index contributed by atoms with van der Waals surface area (Å²) in [6.07, 6.45) is 0. The van der Waals surface area contributed by atoms with E-state index in [1.54, 1.807) is 0 Å². The first-order valence-corrected chi connectivity index (χ1v) is 1.48. The van der Waals surface area contributed by atoms with E-state index < -0.39 is 14.6 Å². The van der Waals surface area contributed by atoms with Gasteiger partial charge in [0.25, 0.3) is 0 Å². The van der Waals surface area contributed by atoms with Crippen molar-refractivity contribution in [3.63, 3.8) is 0 Å². The summed E-state index contributed by atoms with van der Waals surface area (Å²) in [7, 11) is -5.08. The average Bonchev–Trinajstić information content (AvgIpc) is 1.25. The molecule has 0 aromatic rings. The van der Waals surface area contributed by atoms with Crippen LogP contribution in [-0.4, -0.2) is 29.7 Å². The summed E-state index contributed by atoms with van der Waals surface area (Å²) in [5, 5.41) is 46.7. The summed E-state index contributed by atoms with van der Waals surface area (Å²) in [5.41, 5.74) is 0. The largest absolute Gasteiger partial charge is 3.00 e. The molecule has 1 unspecified atom stereocenters. The fourth-order valence-corrected chi connectivity index (χ4v) is 0. The number of rotatable bonds is 0. The molecule has 0 saturated heterocycles. The molecule has 0 aliphatic heterocycles. The van der Waals surface area contributed by atoms with Gasteiger partial charge in [0, 0.05) is 0 Å². The molecule has 0 bridgehead atoms. The Balaban J connectivity index is -0.0000000300. The van der Waals surface area contributed by atoms with Gasteiger partial charge < -0.3 is 30.1 Å². The van der Waals surface area contributed by atoms with E-state index in [2.05, 4.69) is 0 Å². The number of hydrogen-bond acceptors (Lipinski definition) is 6. The van der Waals surface area contributed by atoms with E-state index in [4.69, 9.17) is 30.1 Å². The number of hydrogen-bond donors (Lipinski definition) is 3. The molecule has 0 aromatic heterocycles. The van der Waals surface area contributed by atoms with Crippen molar-refractivity contribution in [2.24, 2.45) is 0 Å².